The van der Waals surface area contributed by atoms with Crippen LogP contribution in [0.3, 0.4) is 0 Å². The molecular formula is C21H26ClN3O3S2. The van der Waals surface area contributed by atoms with Gasteiger partial charge < -0.3 is 15.4 Å². The molecule has 30 heavy (non-hydrogen) atoms. The second-order valence-corrected chi connectivity index (χ2v) is 9.76. The molecule has 3 rings (SSSR count). The predicted octanol–water partition coefficient (Wildman–Crippen LogP) is 4.51. The van der Waals surface area contributed by atoms with E-state index in [2.05, 4.69) is 29.7 Å². The number of anilines is 2. The average Bonchev–Trinajstić information content (AvgIpc) is 2.75. The number of hydrogen-bond acceptors (Lipinski definition) is 4. The molecule has 0 atom stereocenters. The van der Waals surface area contributed by atoms with Crippen molar-refractivity contribution in [2.24, 2.45) is 0 Å². The summed E-state index contributed by atoms with van der Waals surface area (Å²) in [5, 5.41) is 6.70. The first-order valence-corrected chi connectivity index (χ1v) is 12.2. The minimum Gasteiger partial charge on any atom is -0.379 e. The number of morpholine rings is 1. The van der Waals surface area contributed by atoms with Gasteiger partial charge in [0, 0.05) is 24.5 Å². The fourth-order valence-corrected chi connectivity index (χ4v) is 5.28. The number of nitrogens with zero attached hydrogens (tertiary/aromatic N) is 1. The number of sulfonamides is 1. The van der Waals surface area contributed by atoms with E-state index in [0.717, 1.165) is 12.1 Å². The van der Waals surface area contributed by atoms with Crippen LogP contribution in [-0.4, -0.2) is 44.1 Å². The Labute approximate surface area is 188 Å². The maximum absolute atomic E-state index is 13.0. The van der Waals surface area contributed by atoms with Crippen molar-refractivity contribution >= 4 is 50.3 Å². The van der Waals surface area contributed by atoms with Crippen LogP contribution in [0.5, 0.6) is 0 Å². The van der Waals surface area contributed by atoms with Crippen LogP contribution in [0, 0.1) is 0 Å². The summed E-state index contributed by atoms with van der Waals surface area (Å²) in [5.41, 5.74) is 2.70. The van der Waals surface area contributed by atoms with E-state index in [4.69, 9.17) is 28.6 Å². The summed E-state index contributed by atoms with van der Waals surface area (Å²) in [5.74, 6) is 0. The summed E-state index contributed by atoms with van der Waals surface area (Å²) in [6, 6.07) is 12.9. The molecule has 0 spiro atoms. The van der Waals surface area contributed by atoms with Gasteiger partial charge in [-0.25, -0.2) is 8.42 Å². The highest BCUT2D eigenvalue weighted by Crippen LogP contribution is 2.28. The summed E-state index contributed by atoms with van der Waals surface area (Å²) in [6.07, 6.45) is 3.39. The lowest BCUT2D eigenvalue weighted by molar-refractivity contribution is 0.0730. The van der Waals surface area contributed by atoms with Gasteiger partial charge in [0.25, 0.3) is 0 Å². The molecule has 0 saturated carbocycles. The zero-order valence-electron chi connectivity index (χ0n) is 16.9. The number of halogens is 1. The third-order valence-corrected chi connectivity index (χ3v) is 7.39. The number of rotatable bonds is 7. The van der Waals surface area contributed by atoms with Crippen LogP contribution in [0.4, 0.5) is 11.4 Å². The highest BCUT2D eigenvalue weighted by atomic mass is 35.5. The molecule has 1 heterocycles. The van der Waals surface area contributed by atoms with Crippen LogP contribution in [0.15, 0.2) is 47.4 Å². The summed E-state index contributed by atoms with van der Waals surface area (Å²) in [4.78, 5) is 0.0548. The van der Waals surface area contributed by atoms with Crippen LogP contribution >= 0.6 is 23.8 Å². The molecule has 162 valence electrons. The summed E-state index contributed by atoms with van der Waals surface area (Å²) >= 11 is 11.6. The molecule has 0 aliphatic carbocycles. The predicted molar refractivity (Wildman–Crippen MR) is 126 cm³/mol. The largest absolute Gasteiger partial charge is 0.379 e. The highest BCUT2D eigenvalue weighted by molar-refractivity contribution is 7.89. The average molecular weight is 468 g/mol. The smallest absolute Gasteiger partial charge is 0.244 e. The number of thiocarbonyl (C=S) groups is 1. The van der Waals surface area contributed by atoms with E-state index < -0.39 is 10.0 Å². The molecule has 2 aromatic carbocycles. The van der Waals surface area contributed by atoms with Crippen LogP contribution in [0.1, 0.15) is 25.3 Å². The molecule has 0 unspecified atom stereocenters. The molecule has 0 bridgehead atoms. The number of benzene rings is 2. The third-order valence-electron chi connectivity index (χ3n) is 4.81. The second kappa shape index (κ2) is 10.5. The SMILES string of the molecule is CCCCc1ccc(NC(=S)Nc2ccc(Cl)c(S(=O)(=O)N3CCOCC3)c2)cc1. The zero-order chi connectivity index (χ0) is 21.6. The van der Waals surface area contributed by atoms with E-state index in [-0.39, 0.29) is 9.92 Å². The summed E-state index contributed by atoms with van der Waals surface area (Å²) in [6.45, 7) is 3.55. The minimum atomic E-state index is -3.70. The first kappa shape index (κ1) is 23.0. The molecule has 6 nitrogen and oxygen atoms in total. The Hall–Kier alpha value is -1.71. The van der Waals surface area contributed by atoms with Crippen molar-refractivity contribution in [3.05, 3.63) is 53.1 Å². The van der Waals surface area contributed by atoms with Gasteiger partial charge in [0.15, 0.2) is 5.11 Å². The van der Waals surface area contributed by atoms with Crippen LogP contribution in [-0.2, 0) is 21.2 Å². The van der Waals surface area contributed by atoms with Gasteiger partial charge in [-0.2, -0.15) is 4.31 Å². The molecular weight excluding hydrogens is 442 g/mol. The molecule has 0 aromatic heterocycles. The Balaban J connectivity index is 1.68. The van der Waals surface area contributed by atoms with Crippen LogP contribution < -0.4 is 10.6 Å². The Kier molecular flexibility index (Phi) is 8.07. The molecule has 0 amide bonds. The molecule has 1 aliphatic rings. The van der Waals surface area contributed by atoms with Crippen molar-refractivity contribution in [3.8, 4) is 0 Å². The van der Waals surface area contributed by atoms with Crippen molar-refractivity contribution in [3.63, 3.8) is 0 Å². The van der Waals surface area contributed by atoms with Gasteiger partial charge in [0.05, 0.1) is 18.2 Å². The van der Waals surface area contributed by atoms with Crippen molar-refractivity contribution in [2.45, 2.75) is 31.1 Å². The number of aryl methyl sites for hydroxylation is 1. The number of nitrogens with one attached hydrogen (secondary N) is 2. The van der Waals surface area contributed by atoms with E-state index >= 15 is 0 Å². The zero-order valence-corrected chi connectivity index (χ0v) is 19.2. The molecule has 9 heteroatoms. The van der Waals surface area contributed by atoms with Gasteiger partial charge in [-0.05, 0) is 61.0 Å². The van der Waals surface area contributed by atoms with Crippen LogP contribution in [0.2, 0.25) is 5.02 Å². The summed E-state index contributed by atoms with van der Waals surface area (Å²) in [7, 11) is -3.70. The Bertz CT molecular complexity index is 975. The van der Waals surface area contributed by atoms with E-state index in [1.54, 1.807) is 12.1 Å². The van der Waals surface area contributed by atoms with Gasteiger partial charge in [0.1, 0.15) is 4.90 Å². The minimum absolute atomic E-state index is 0.0548. The van der Waals surface area contributed by atoms with Gasteiger partial charge in [-0.15, -0.1) is 0 Å². The first-order valence-electron chi connectivity index (χ1n) is 9.94. The quantitative estimate of drug-likeness (QED) is 0.584. The maximum Gasteiger partial charge on any atom is 0.244 e. The normalized spacial score (nSPS) is 15.0. The van der Waals surface area contributed by atoms with E-state index in [1.165, 1.54) is 28.8 Å². The lowest BCUT2D eigenvalue weighted by atomic mass is 10.1. The van der Waals surface area contributed by atoms with E-state index in [1.807, 2.05) is 12.1 Å². The second-order valence-electron chi connectivity index (χ2n) is 7.04. The van der Waals surface area contributed by atoms with Crippen molar-refractivity contribution in [1.82, 2.24) is 4.31 Å². The van der Waals surface area contributed by atoms with Gasteiger partial charge in [0.2, 0.25) is 10.0 Å². The van der Waals surface area contributed by atoms with Gasteiger partial charge in [-0.1, -0.05) is 37.1 Å². The lowest BCUT2D eigenvalue weighted by Gasteiger charge is -2.26. The molecule has 2 N–H and O–H groups in total. The third kappa shape index (κ3) is 5.92. The van der Waals surface area contributed by atoms with Gasteiger partial charge in [-0.3, -0.25) is 0 Å². The number of unbranched alkanes of at least 4 members (excludes halogenated alkanes) is 1. The van der Waals surface area contributed by atoms with Crippen molar-refractivity contribution < 1.29 is 13.2 Å². The highest BCUT2D eigenvalue weighted by Gasteiger charge is 2.28. The first-order chi connectivity index (χ1) is 14.4. The number of hydrogen-bond donors (Lipinski definition) is 2. The molecule has 1 fully saturated rings. The maximum atomic E-state index is 13.0. The van der Waals surface area contributed by atoms with Crippen molar-refractivity contribution in [1.29, 1.82) is 0 Å². The van der Waals surface area contributed by atoms with E-state index in [9.17, 15) is 8.42 Å². The molecule has 2 aromatic rings. The molecule has 1 saturated heterocycles. The van der Waals surface area contributed by atoms with E-state index in [0.29, 0.717) is 37.1 Å². The fourth-order valence-electron chi connectivity index (χ4n) is 3.13. The van der Waals surface area contributed by atoms with Crippen molar-refractivity contribution in [2.75, 3.05) is 36.9 Å². The fraction of sp³-hybridized carbons (Fsp3) is 0.381. The topological polar surface area (TPSA) is 70.7 Å². The Morgan fingerprint density at radius 3 is 2.40 bits per heavy atom. The molecule has 1 aliphatic heterocycles. The van der Waals surface area contributed by atoms with Gasteiger partial charge >= 0.3 is 0 Å². The number of ether oxygens (including phenoxy) is 1. The Morgan fingerprint density at radius 1 is 1.10 bits per heavy atom. The lowest BCUT2D eigenvalue weighted by Crippen LogP contribution is -2.40. The standard InChI is InChI=1S/C21H26ClN3O3S2/c1-2-3-4-16-5-7-17(8-6-16)23-21(29)24-18-9-10-19(22)20(15-18)30(26,27)25-11-13-28-14-12-25/h5-10,15H,2-4,11-14H2,1H3,(H2,23,24,29). The molecule has 0 radical (unpaired) electrons. The monoisotopic (exact) mass is 467 g/mol. The Morgan fingerprint density at radius 2 is 1.73 bits per heavy atom. The summed E-state index contributed by atoms with van der Waals surface area (Å²) < 4.78 is 32.5. The van der Waals surface area contributed by atoms with Crippen LogP contribution in [0.25, 0.3) is 0 Å².